The van der Waals surface area contributed by atoms with Gasteiger partial charge in [-0.1, -0.05) is 12.1 Å². The summed E-state index contributed by atoms with van der Waals surface area (Å²) >= 11 is 1.58. The minimum absolute atomic E-state index is 0.0837. The van der Waals surface area contributed by atoms with Gasteiger partial charge in [-0.3, -0.25) is 14.0 Å². The van der Waals surface area contributed by atoms with Gasteiger partial charge >= 0.3 is 0 Å². The van der Waals surface area contributed by atoms with E-state index in [1.807, 2.05) is 46.4 Å². The zero-order valence-corrected chi connectivity index (χ0v) is 14.1. The van der Waals surface area contributed by atoms with Crippen molar-refractivity contribution in [1.82, 2.24) is 14.4 Å². The summed E-state index contributed by atoms with van der Waals surface area (Å²) in [4.78, 5) is 31.8. The molecule has 6 nitrogen and oxygen atoms in total. The third kappa shape index (κ3) is 2.97. The van der Waals surface area contributed by atoms with Crippen molar-refractivity contribution in [3.63, 3.8) is 0 Å². The summed E-state index contributed by atoms with van der Waals surface area (Å²) in [6.07, 6.45) is 5.48. The number of hydrogen-bond donors (Lipinski definition) is 2. The summed E-state index contributed by atoms with van der Waals surface area (Å²) in [6, 6.07) is 9.03. The van der Waals surface area contributed by atoms with Crippen molar-refractivity contribution >= 4 is 33.7 Å². The Balaban J connectivity index is 1.50. The van der Waals surface area contributed by atoms with Gasteiger partial charge < -0.3 is 10.3 Å². The maximum atomic E-state index is 12.2. The second kappa shape index (κ2) is 6.03. The number of nitrogens with zero attached hydrogens (tertiary/aromatic N) is 2. The SMILES string of the molecule is CC(=O)c1c[nH]c(C(=O)Nc2ccc(-c3cn4ccsc4n3)cc2)c1. The van der Waals surface area contributed by atoms with Crippen LogP contribution >= 0.6 is 11.3 Å². The summed E-state index contributed by atoms with van der Waals surface area (Å²) in [7, 11) is 0. The van der Waals surface area contributed by atoms with Crippen molar-refractivity contribution in [2.75, 3.05) is 5.32 Å². The van der Waals surface area contributed by atoms with Crippen molar-refractivity contribution in [2.45, 2.75) is 6.92 Å². The van der Waals surface area contributed by atoms with Gasteiger partial charge in [0.15, 0.2) is 10.7 Å². The molecular weight excluding hydrogens is 336 g/mol. The Kier molecular flexibility index (Phi) is 3.70. The lowest BCUT2D eigenvalue weighted by molar-refractivity contribution is 0.101. The van der Waals surface area contributed by atoms with Crippen LogP contribution in [-0.4, -0.2) is 26.1 Å². The fourth-order valence-electron chi connectivity index (χ4n) is 2.52. The quantitative estimate of drug-likeness (QED) is 0.549. The number of H-pyrrole nitrogens is 1. The predicted molar refractivity (Wildman–Crippen MR) is 97.3 cm³/mol. The van der Waals surface area contributed by atoms with E-state index in [1.54, 1.807) is 17.4 Å². The third-order valence-electron chi connectivity index (χ3n) is 3.87. The number of nitrogens with one attached hydrogen (secondary N) is 2. The predicted octanol–water partition coefficient (Wildman–Crippen LogP) is 3.85. The zero-order chi connectivity index (χ0) is 17.4. The van der Waals surface area contributed by atoms with Crippen molar-refractivity contribution in [2.24, 2.45) is 0 Å². The minimum Gasteiger partial charge on any atom is -0.356 e. The Hall–Kier alpha value is -3.19. The van der Waals surface area contributed by atoms with Gasteiger partial charge in [0.05, 0.1) is 5.69 Å². The Morgan fingerprint density at radius 2 is 2.04 bits per heavy atom. The monoisotopic (exact) mass is 350 g/mol. The number of Topliss-reactive ketones (excluding diaryl/α,β-unsaturated/α-hetero) is 1. The fraction of sp³-hybridized carbons (Fsp3) is 0.0556. The van der Waals surface area contributed by atoms with Gasteiger partial charge in [-0.05, 0) is 25.1 Å². The van der Waals surface area contributed by atoms with Crippen LogP contribution in [0.15, 0.2) is 54.3 Å². The number of benzene rings is 1. The van der Waals surface area contributed by atoms with Gasteiger partial charge in [0.1, 0.15) is 5.69 Å². The van der Waals surface area contributed by atoms with Crippen molar-refractivity contribution in [3.8, 4) is 11.3 Å². The molecule has 124 valence electrons. The molecule has 0 unspecified atom stereocenters. The minimum atomic E-state index is -0.289. The van der Waals surface area contributed by atoms with Crippen LogP contribution in [0.25, 0.3) is 16.2 Å². The Bertz CT molecular complexity index is 1040. The van der Waals surface area contributed by atoms with Crippen LogP contribution in [0, 0.1) is 0 Å². The van der Waals surface area contributed by atoms with Gasteiger partial charge in [0.2, 0.25) is 0 Å². The molecule has 1 aromatic carbocycles. The molecule has 0 saturated heterocycles. The average molecular weight is 350 g/mol. The lowest BCUT2D eigenvalue weighted by Crippen LogP contribution is -2.12. The highest BCUT2D eigenvalue weighted by atomic mass is 32.1. The highest BCUT2D eigenvalue weighted by molar-refractivity contribution is 7.15. The number of carbonyl (C=O) groups excluding carboxylic acids is 2. The van der Waals surface area contributed by atoms with E-state index in [0.29, 0.717) is 16.9 Å². The van der Waals surface area contributed by atoms with Crippen LogP contribution in [0.1, 0.15) is 27.8 Å². The number of amides is 1. The molecule has 3 aromatic heterocycles. The number of aromatic nitrogens is 3. The number of carbonyl (C=O) groups is 2. The fourth-order valence-corrected chi connectivity index (χ4v) is 3.22. The molecule has 25 heavy (non-hydrogen) atoms. The molecule has 3 heterocycles. The molecule has 0 spiro atoms. The number of ketones is 1. The second-order valence-electron chi connectivity index (χ2n) is 5.61. The van der Waals surface area contributed by atoms with Crippen LogP contribution in [0.5, 0.6) is 0 Å². The largest absolute Gasteiger partial charge is 0.356 e. The summed E-state index contributed by atoms with van der Waals surface area (Å²) in [5.41, 5.74) is 3.38. The average Bonchev–Trinajstić information content (AvgIpc) is 3.31. The maximum absolute atomic E-state index is 12.2. The van der Waals surface area contributed by atoms with Crippen LogP contribution in [0.2, 0.25) is 0 Å². The molecule has 4 aromatic rings. The first kappa shape index (κ1) is 15.3. The van der Waals surface area contributed by atoms with Gasteiger partial charge in [-0.15, -0.1) is 11.3 Å². The van der Waals surface area contributed by atoms with E-state index < -0.39 is 0 Å². The van der Waals surface area contributed by atoms with E-state index in [-0.39, 0.29) is 11.7 Å². The van der Waals surface area contributed by atoms with Crippen molar-refractivity contribution < 1.29 is 9.59 Å². The molecular formula is C18H14N4O2S. The van der Waals surface area contributed by atoms with Crippen LogP contribution in [-0.2, 0) is 0 Å². The molecule has 1 amide bonds. The molecule has 2 N–H and O–H groups in total. The van der Waals surface area contributed by atoms with E-state index in [2.05, 4.69) is 15.3 Å². The topological polar surface area (TPSA) is 79.3 Å². The first-order valence-corrected chi connectivity index (χ1v) is 8.51. The summed E-state index contributed by atoms with van der Waals surface area (Å²) in [6.45, 7) is 1.46. The summed E-state index contributed by atoms with van der Waals surface area (Å²) < 4.78 is 1.98. The molecule has 7 heteroatoms. The highest BCUT2D eigenvalue weighted by Gasteiger charge is 2.11. The molecule has 0 aliphatic carbocycles. The number of thiazole rings is 1. The van der Waals surface area contributed by atoms with E-state index >= 15 is 0 Å². The van der Waals surface area contributed by atoms with E-state index in [0.717, 1.165) is 16.2 Å². The molecule has 0 aliphatic rings. The molecule has 4 rings (SSSR count). The van der Waals surface area contributed by atoms with E-state index in [9.17, 15) is 9.59 Å². The van der Waals surface area contributed by atoms with Crippen LogP contribution in [0.3, 0.4) is 0 Å². The standard InChI is InChI=1S/C18H14N4O2S/c1-11(23)13-8-15(19-9-13)17(24)20-14-4-2-12(3-5-14)16-10-22-6-7-25-18(22)21-16/h2-10,19H,1H3,(H,20,24). The Morgan fingerprint density at radius 1 is 1.24 bits per heavy atom. The molecule has 0 fully saturated rings. The number of anilines is 1. The molecule has 0 radical (unpaired) electrons. The van der Waals surface area contributed by atoms with Crippen molar-refractivity contribution in [3.05, 3.63) is 65.6 Å². The molecule has 0 bridgehead atoms. The van der Waals surface area contributed by atoms with Gasteiger partial charge in [-0.25, -0.2) is 4.98 Å². The van der Waals surface area contributed by atoms with Gasteiger partial charge in [0.25, 0.3) is 5.91 Å². The first-order valence-electron chi connectivity index (χ1n) is 7.63. The van der Waals surface area contributed by atoms with Crippen LogP contribution < -0.4 is 5.32 Å². The number of hydrogen-bond acceptors (Lipinski definition) is 4. The van der Waals surface area contributed by atoms with Crippen LogP contribution in [0.4, 0.5) is 5.69 Å². The lowest BCUT2D eigenvalue weighted by Gasteiger charge is -2.04. The third-order valence-corrected chi connectivity index (χ3v) is 4.64. The Morgan fingerprint density at radius 3 is 2.72 bits per heavy atom. The molecule has 0 atom stereocenters. The Labute approximate surface area is 147 Å². The van der Waals surface area contributed by atoms with Gasteiger partial charge in [-0.2, -0.15) is 0 Å². The summed E-state index contributed by atoms with van der Waals surface area (Å²) in [5, 5.41) is 4.79. The number of imidazole rings is 1. The second-order valence-corrected chi connectivity index (χ2v) is 6.48. The smallest absolute Gasteiger partial charge is 0.272 e. The van der Waals surface area contributed by atoms with Gasteiger partial charge in [0, 0.05) is 40.8 Å². The highest BCUT2D eigenvalue weighted by Crippen LogP contribution is 2.23. The zero-order valence-electron chi connectivity index (χ0n) is 13.3. The van der Waals surface area contributed by atoms with E-state index in [4.69, 9.17) is 0 Å². The van der Waals surface area contributed by atoms with E-state index in [1.165, 1.54) is 13.1 Å². The number of aromatic amines is 1. The number of fused-ring (bicyclic) bond motifs is 1. The molecule has 0 saturated carbocycles. The molecule has 0 aliphatic heterocycles. The van der Waals surface area contributed by atoms with Crippen molar-refractivity contribution in [1.29, 1.82) is 0 Å². The normalized spacial score (nSPS) is 10.9. The first-order chi connectivity index (χ1) is 12.1. The maximum Gasteiger partial charge on any atom is 0.272 e. The number of rotatable bonds is 4. The lowest BCUT2D eigenvalue weighted by atomic mass is 10.1. The summed E-state index contributed by atoms with van der Waals surface area (Å²) in [5.74, 6) is -0.373.